The molecule has 0 aromatic heterocycles. The molecule has 0 aliphatic rings. The zero-order chi connectivity index (χ0) is 31.6. The molecule has 0 N–H and O–H groups in total. The van der Waals surface area contributed by atoms with Gasteiger partial charge in [0.05, 0.1) is 0 Å². The molecular formula is C4Ag7BF12O15S4. The maximum atomic E-state index is 10.7. The van der Waals surface area contributed by atoms with Gasteiger partial charge in [-0.1, -0.05) is 0 Å². The quantitative estimate of drug-likeness (QED) is 0.0974. The van der Waals surface area contributed by atoms with Crippen LogP contribution in [0.1, 0.15) is 0 Å². The Kier molecular flexibility index (Phi) is 58.0. The predicted molar refractivity (Wildman–Crippen MR) is 68.8 cm³/mol. The number of hydrogen-bond donors (Lipinski definition) is 0. The molecule has 0 atom stereocenters. The van der Waals surface area contributed by atoms with Gasteiger partial charge in [0.25, 0.3) is 0 Å². The van der Waals surface area contributed by atoms with Crippen molar-refractivity contribution in [1.82, 2.24) is 0 Å². The standard InChI is InChI=1S/4CHF3O3S.7Ag.BO3/c4*2-1(3,4)8(5,6)7;;;;;;;;2-1(3)4/h4*(H,5,6,7);;;;;;;;/q;;;;7*+1;-3/p-4. The smallest absolute Gasteiger partial charge is 0.907 e. The first-order valence-corrected chi connectivity index (χ1v) is 11.4. The topological polar surface area (TPSA) is 298 Å². The van der Waals surface area contributed by atoms with Gasteiger partial charge in [-0.05, 0) is 0 Å². The molecule has 43 heavy (non-hydrogen) atoms. The predicted octanol–water partition coefficient (Wildman–Crippen LogP) is -3.76. The van der Waals surface area contributed by atoms with Gasteiger partial charge in [0.2, 0.25) is 0 Å². The second kappa shape index (κ2) is 30.7. The molecule has 0 aromatic carbocycles. The third-order valence-corrected chi connectivity index (χ3v) is 3.40. The van der Waals surface area contributed by atoms with Crippen LogP contribution >= 0.6 is 0 Å². The van der Waals surface area contributed by atoms with Crippen LogP contribution in [0, 0.1) is 0 Å². The molecule has 0 spiro atoms. The van der Waals surface area contributed by atoms with Crippen molar-refractivity contribution in [2.75, 3.05) is 0 Å². The maximum absolute atomic E-state index is 10.7. The first-order valence-electron chi connectivity index (χ1n) is 5.79. The summed E-state index contributed by atoms with van der Waals surface area (Å²) >= 11 is 0. The molecule has 0 saturated heterocycles. The minimum absolute atomic E-state index is 0. The second-order valence-corrected chi connectivity index (χ2v) is 9.37. The summed E-state index contributed by atoms with van der Waals surface area (Å²) in [4.78, 5) is 0. The van der Waals surface area contributed by atoms with Crippen LogP contribution < -0.4 is 15.1 Å². The van der Waals surface area contributed by atoms with E-state index in [0.29, 0.717) is 0 Å². The fraction of sp³-hybridized carbons (Fsp3) is 1.00. The molecule has 294 valence electrons. The Morgan fingerprint density at radius 1 is 0.326 bits per heavy atom. The molecule has 0 unspecified atom stereocenters. The summed E-state index contributed by atoms with van der Waals surface area (Å²) in [6, 6.07) is 0. The Labute approximate surface area is 341 Å². The van der Waals surface area contributed by atoms with Gasteiger partial charge in [-0.25, -0.2) is 33.7 Å². The molecule has 0 radical (unpaired) electrons. The van der Waals surface area contributed by atoms with Crippen LogP contribution in [0.15, 0.2) is 0 Å². The largest absolute Gasteiger partial charge is 1.00 e. The molecule has 15 nitrogen and oxygen atoms in total. The fourth-order valence-corrected chi connectivity index (χ4v) is 0. The summed E-state index contributed by atoms with van der Waals surface area (Å²) < 4.78 is 236. The SMILES string of the molecule is O=S(=O)([O-])C(F)(F)F.O=S(=O)([O-])C(F)(F)F.O=S(=O)([O-])C(F)(F)F.O=S(=O)([O-])C(F)(F)F.[Ag+].[Ag+].[Ag+].[Ag+].[Ag+].[Ag+].[Ag+].[O-]B([O-])[O-]. The molecule has 0 aliphatic carbocycles. The van der Waals surface area contributed by atoms with Crippen molar-refractivity contribution in [1.29, 1.82) is 0 Å². The van der Waals surface area contributed by atoms with Crippen LogP contribution in [0.25, 0.3) is 0 Å². The minimum Gasteiger partial charge on any atom is -0.907 e. The average Bonchev–Trinajstić information content (AvgIpc) is 2.39. The molecule has 0 rings (SSSR count). The number of alkyl halides is 12. The van der Waals surface area contributed by atoms with Crippen molar-refractivity contribution >= 4 is 47.8 Å². The Hall–Kier alpha value is 3.93. The van der Waals surface area contributed by atoms with Gasteiger partial charge in [0, 0.05) is 0 Å². The number of halogens is 12. The zero-order valence-corrected chi connectivity index (χ0v) is 30.6. The molecule has 0 saturated carbocycles. The molecule has 39 heteroatoms. The molecule has 0 fully saturated rings. The van der Waals surface area contributed by atoms with Crippen molar-refractivity contribution in [3.63, 3.8) is 0 Å². The summed E-state index contributed by atoms with van der Waals surface area (Å²) in [7, 11) is -27.3. The van der Waals surface area contributed by atoms with E-state index in [2.05, 4.69) is 0 Å². The first-order chi connectivity index (χ1) is 14.7. The van der Waals surface area contributed by atoms with Gasteiger partial charge >= 0.3 is 179 Å². The zero-order valence-electron chi connectivity index (χ0n) is 17.0. The second-order valence-electron chi connectivity index (χ2n) is 3.89. The van der Waals surface area contributed by atoms with E-state index < -0.39 is 69.8 Å². The third-order valence-electron chi connectivity index (χ3n) is 1.13. The van der Waals surface area contributed by atoms with E-state index in [1.807, 2.05) is 0 Å². The molecule has 0 aromatic rings. The summed E-state index contributed by atoms with van der Waals surface area (Å²) in [5, 5.41) is 25.2. The van der Waals surface area contributed by atoms with Gasteiger partial charge in [0.15, 0.2) is 40.5 Å². The number of rotatable bonds is 0. The molecule has 0 amide bonds. The molecule has 0 heterocycles. The van der Waals surface area contributed by atoms with Crippen molar-refractivity contribution in [3.8, 4) is 0 Å². The monoisotopic (exact) mass is 1400 g/mol. The van der Waals surface area contributed by atoms with Gasteiger partial charge in [-0.3, -0.25) is 7.32 Å². The average molecular weight is 1410 g/mol. The Balaban J connectivity index is -0.0000000272. The fourth-order valence-electron chi connectivity index (χ4n) is 0. The summed E-state index contributed by atoms with van der Waals surface area (Å²) in [5.41, 5.74) is -22.6. The number of hydrogen-bond acceptors (Lipinski definition) is 15. The van der Waals surface area contributed by atoms with Crippen LogP contribution in [-0.4, -0.2) is 81.2 Å². The van der Waals surface area contributed by atoms with E-state index in [9.17, 15) is 52.7 Å². The van der Waals surface area contributed by atoms with E-state index in [0.717, 1.165) is 0 Å². The molecule has 0 bridgehead atoms. The van der Waals surface area contributed by atoms with Gasteiger partial charge in [-0.15, -0.1) is 0 Å². The summed E-state index contributed by atoms with van der Waals surface area (Å²) in [6.45, 7) is 0. The van der Waals surface area contributed by atoms with Crippen LogP contribution in [0.4, 0.5) is 52.7 Å². The van der Waals surface area contributed by atoms with Crippen molar-refractivity contribution in [3.05, 3.63) is 0 Å². The third kappa shape index (κ3) is 55.6. The molecule has 0 aliphatic heterocycles. The maximum Gasteiger partial charge on any atom is 1.00 e. The van der Waals surface area contributed by atoms with Crippen molar-refractivity contribution in [2.24, 2.45) is 0 Å². The van der Waals surface area contributed by atoms with Crippen LogP contribution in [0.2, 0.25) is 0 Å². The van der Waals surface area contributed by atoms with Crippen molar-refractivity contribution < 1.29 is 276 Å². The normalized spacial score (nSPS) is 11.0. The van der Waals surface area contributed by atoms with Crippen molar-refractivity contribution in [2.45, 2.75) is 22.0 Å². The van der Waals surface area contributed by atoms with E-state index in [-0.39, 0.29) is 157 Å². The van der Waals surface area contributed by atoms with E-state index in [1.54, 1.807) is 0 Å². The Morgan fingerprint density at radius 2 is 0.349 bits per heavy atom. The van der Waals surface area contributed by atoms with E-state index >= 15 is 0 Å². The summed E-state index contributed by atoms with van der Waals surface area (Å²) in [5.74, 6) is 0. The Morgan fingerprint density at radius 3 is 0.349 bits per heavy atom. The molecular weight excluding hydrogens is 1410 g/mol. The van der Waals surface area contributed by atoms with Crippen LogP contribution in [0.3, 0.4) is 0 Å². The van der Waals surface area contributed by atoms with Crippen LogP contribution in [0.5, 0.6) is 0 Å². The van der Waals surface area contributed by atoms with Gasteiger partial charge < -0.3 is 33.3 Å². The Bertz CT molecular complexity index is 902. The van der Waals surface area contributed by atoms with Gasteiger partial charge in [0.1, 0.15) is 0 Å². The van der Waals surface area contributed by atoms with E-state index in [1.165, 1.54) is 0 Å². The summed E-state index contributed by atoms with van der Waals surface area (Å²) in [6.07, 6.45) is 0. The van der Waals surface area contributed by atoms with Gasteiger partial charge in [-0.2, -0.15) is 52.7 Å². The minimum atomic E-state index is -6.09. The van der Waals surface area contributed by atoms with E-state index in [4.69, 9.17) is 67.0 Å². The first kappa shape index (κ1) is 81.1. The van der Waals surface area contributed by atoms with Crippen LogP contribution in [-0.2, 0) is 197 Å².